The number of imidazole rings is 1. The fourth-order valence-corrected chi connectivity index (χ4v) is 2.80. The van der Waals surface area contributed by atoms with Crippen molar-refractivity contribution < 1.29 is 4.74 Å². The van der Waals surface area contributed by atoms with Crippen molar-refractivity contribution in [3.63, 3.8) is 0 Å². The molecule has 0 unspecified atom stereocenters. The monoisotopic (exact) mass is 350 g/mol. The van der Waals surface area contributed by atoms with E-state index in [-0.39, 0.29) is 0 Å². The molecule has 102 valence electrons. The maximum Gasteiger partial charge on any atom is 0.242 e. The number of aryl methyl sites for hydroxylation is 1. The van der Waals surface area contributed by atoms with Crippen LogP contribution in [0.3, 0.4) is 0 Å². The van der Waals surface area contributed by atoms with Gasteiger partial charge in [-0.3, -0.25) is 4.40 Å². The van der Waals surface area contributed by atoms with Gasteiger partial charge in [0.1, 0.15) is 11.4 Å². The molecule has 3 nitrogen and oxygen atoms in total. The van der Waals surface area contributed by atoms with Crippen LogP contribution in [0.15, 0.2) is 42.6 Å². The van der Waals surface area contributed by atoms with Gasteiger partial charge in [-0.25, -0.2) is 0 Å². The van der Waals surface area contributed by atoms with Crippen LogP contribution in [0.5, 0.6) is 11.6 Å². The van der Waals surface area contributed by atoms with Gasteiger partial charge in [0, 0.05) is 16.5 Å². The molecule has 0 spiro atoms. The van der Waals surface area contributed by atoms with Crippen LogP contribution in [0.25, 0.3) is 5.65 Å². The number of pyridine rings is 1. The van der Waals surface area contributed by atoms with E-state index in [9.17, 15) is 0 Å². The Morgan fingerprint density at radius 3 is 2.90 bits per heavy atom. The minimum absolute atomic E-state index is 0.610. The fraction of sp³-hybridized carbons (Fsp3) is 0.133. The average molecular weight is 352 g/mol. The second-order valence-corrected chi connectivity index (χ2v) is 5.44. The largest absolute Gasteiger partial charge is 0.437 e. The molecule has 0 aliphatic heterocycles. The lowest BCUT2D eigenvalue weighted by Crippen LogP contribution is -1.93. The summed E-state index contributed by atoms with van der Waals surface area (Å²) in [7, 11) is 0. The highest BCUT2D eigenvalue weighted by molar-refractivity contribution is 9.08. The number of fused-ring (bicyclic) bond motifs is 1. The van der Waals surface area contributed by atoms with Crippen LogP contribution < -0.4 is 4.74 Å². The fourth-order valence-electron chi connectivity index (χ4n) is 2.06. The zero-order chi connectivity index (χ0) is 14.1. The topological polar surface area (TPSA) is 26.5 Å². The zero-order valence-corrected chi connectivity index (χ0v) is 13.1. The molecule has 0 amide bonds. The van der Waals surface area contributed by atoms with Gasteiger partial charge in [0.15, 0.2) is 0 Å². The molecule has 1 aromatic carbocycles. The van der Waals surface area contributed by atoms with Crippen molar-refractivity contribution in [2.75, 3.05) is 0 Å². The Balaban J connectivity index is 2.06. The number of rotatable bonds is 3. The van der Waals surface area contributed by atoms with E-state index in [1.165, 1.54) is 0 Å². The second-order valence-electron chi connectivity index (χ2n) is 4.44. The number of aromatic nitrogens is 2. The molecule has 0 fully saturated rings. The number of benzene rings is 1. The van der Waals surface area contributed by atoms with Gasteiger partial charge in [0.2, 0.25) is 5.88 Å². The van der Waals surface area contributed by atoms with Crippen molar-refractivity contribution in [3.8, 4) is 11.6 Å². The molecule has 0 aliphatic carbocycles. The summed E-state index contributed by atoms with van der Waals surface area (Å²) in [6.07, 6.45) is 1.97. The first-order valence-electron chi connectivity index (χ1n) is 6.15. The summed E-state index contributed by atoms with van der Waals surface area (Å²) in [6.45, 7) is 1.96. The Morgan fingerprint density at radius 1 is 1.30 bits per heavy atom. The van der Waals surface area contributed by atoms with Crippen LogP contribution in [0, 0.1) is 6.92 Å². The van der Waals surface area contributed by atoms with Crippen molar-refractivity contribution in [3.05, 3.63) is 58.9 Å². The van der Waals surface area contributed by atoms with Crippen LogP contribution in [-0.4, -0.2) is 9.38 Å². The van der Waals surface area contributed by atoms with E-state index >= 15 is 0 Å². The van der Waals surface area contributed by atoms with Crippen molar-refractivity contribution in [2.45, 2.75) is 12.3 Å². The van der Waals surface area contributed by atoms with Gasteiger partial charge in [-0.05, 0) is 42.8 Å². The molecule has 0 saturated carbocycles. The molecule has 3 rings (SSSR count). The maximum atomic E-state index is 5.96. The van der Waals surface area contributed by atoms with E-state index in [1.807, 2.05) is 53.9 Å². The third-order valence-electron chi connectivity index (χ3n) is 3.06. The van der Waals surface area contributed by atoms with Gasteiger partial charge in [0.25, 0.3) is 0 Å². The summed E-state index contributed by atoms with van der Waals surface area (Å²) < 4.78 is 7.96. The smallest absolute Gasteiger partial charge is 0.242 e. The normalized spacial score (nSPS) is 10.9. The molecule has 0 aliphatic rings. The van der Waals surface area contributed by atoms with Gasteiger partial charge in [0.05, 0.1) is 5.69 Å². The van der Waals surface area contributed by atoms with E-state index < -0.39 is 0 Å². The number of hydrogen-bond acceptors (Lipinski definition) is 2. The minimum Gasteiger partial charge on any atom is -0.437 e. The van der Waals surface area contributed by atoms with Gasteiger partial charge in [-0.1, -0.05) is 33.6 Å². The second kappa shape index (κ2) is 5.46. The quantitative estimate of drug-likeness (QED) is 0.622. The predicted molar refractivity (Wildman–Crippen MR) is 84.1 cm³/mol. The van der Waals surface area contributed by atoms with E-state index in [2.05, 4.69) is 20.9 Å². The van der Waals surface area contributed by atoms with Gasteiger partial charge < -0.3 is 4.74 Å². The first-order chi connectivity index (χ1) is 9.69. The summed E-state index contributed by atoms with van der Waals surface area (Å²) in [4.78, 5) is 4.52. The Hall–Kier alpha value is -1.52. The summed E-state index contributed by atoms with van der Waals surface area (Å²) in [5.41, 5.74) is 2.83. The first-order valence-corrected chi connectivity index (χ1v) is 7.65. The Bertz CT molecular complexity index is 770. The summed E-state index contributed by atoms with van der Waals surface area (Å²) >= 11 is 9.45. The third-order valence-corrected chi connectivity index (χ3v) is 3.83. The van der Waals surface area contributed by atoms with Gasteiger partial charge in [-0.15, -0.1) is 0 Å². The lowest BCUT2D eigenvalue weighted by atomic mass is 10.2. The Morgan fingerprint density at radius 2 is 2.15 bits per heavy atom. The number of nitrogens with zero attached hydrogens (tertiary/aromatic N) is 2. The SMILES string of the molecule is Cc1cc(Cl)ccc1Oc1nc2ccccn2c1CBr. The van der Waals surface area contributed by atoms with Crippen LogP contribution >= 0.6 is 27.5 Å². The van der Waals surface area contributed by atoms with E-state index in [0.29, 0.717) is 16.2 Å². The summed E-state index contributed by atoms with van der Waals surface area (Å²) in [5.74, 6) is 1.37. The highest BCUT2D eigenvalue weighted by atomic mass is 79.9. The van der Waals surface area contributed by atoms with E-state index in [4.69, 9.17) is 16.3 Å². The molecule has 5 heteroatoms. The molecule has 20 heavy (non-hydrogen) atoms. The van der Waals surface area contributed by atoms with Crippen molar-refractivity contribution in [2.24, 2.45) is 0 Å². The number of alkyl halides is 1. The lowest BCUT2D eigenvalue weighted by Gasteiger charge is -2.07. The molecule has 2 aromatic heterocycles. The predicted octanol–water partition coefficient (Wildman–Crippen LogP) is 4.98. The maximum absolute atomic E-state index is 5.96. The Labute approximate surface area is 130 Å². The minimum atomic E-state index is 0.610. The zero-order valence-electron chi connectivity index (χ0n) is 10.8. The van der Waals surface area contributed by atoms with Crippen molar-refractivity contribution >= 4 is 33.2 Å². The Kier molecular flexibility index (Phi) is 3.68. The van der Waals surface area contributed by atoms with Crippen LogP contribution in [-0.2, 0) is 5.33 Å². The number of halogens is 2. The molecule has 3 aromatic rings. The first kappa shape index (κ1) is 13.5. The highest BCUT2D eigenvalue weighted by Crippen LogP contribution is 2.30. The van der Waals surface area contributed by atoms with Gasteiger partial charge in [-0.2, -0.15) is 4.98 Å². The lowest BCUT2D eigenvalue weighted by molar-refractivity contribution is 0.458. The van der Waals surface area contributed by atoms with Crippen molar-refractivity contribution in [1.29, 1.82) is 0 Å². The van der Waals surface area contributed by atoms with Gasteiger partial charge >= 0.3 is 0 Å². The molecule has 0 atom stereocenters. The number of hydrogen-bond donors (Lipinski definition) is 0. The standard InChI is InChI=1S/C15H12BrClN2O/c1-10-8-11(17)5-6-13(10)20-15-12(9-16)19-7-3-2-4-14(19)18-15/h2-8H,9H2,1H3. The number of ether oxygens (including phenoxy) is 1. The van der Waals surface area contributed by atoms with E-state index in [0.717, 1.165) is 22.7 Å². The molecular formula is C15H12BrClN2O. The molecule has 0 radical (unpaired) electrons. The molecule has 0 saturated heterocycles. The summed E-state index contributed by atoms with van der Waals surface area (Å²) in [5, 5.41) is 1.37. The highest BCUT2D eigenvalue weighted by Gasteiger charge is 2.13. The van der Waals surface area contributed by atoms with Crippen molar-refractivity contribution in [1.82, 2.24) is 9.38 Å². The molecule has 0 bridgehead atoms. The van der Waals surface area contributed by atoms with Crippen LogP contribution in [0.1, 0.15) is 11.3 Å². The third kappa shape index (κ3) is 2.41. The molecule has 0 N–H and O–H groups in total. The average Bonchev–Trinajstić information content (AvgIpc) is 2.79. The van der Waals surface area contributed by atoms with Crippen LogP contribution in [0.2, 0.25) is 5.02 Å². The molecule has 2 heterocycles. The van der Waals surface area contributed by atoms with Crippen LogP contribution in [0.4, 0.5) is 0 Å². The van der Waals surface area contributed by atoms with E-state index in [1.54, 1.807) is 0 Å². The summed E-state index contributed by atoms with van der Waals surface area (Å²) in [6, 6.07) is 11.4. The molecular weight excluding hydrogens is 340 g/mol.